The third-order valence-corrected chi connectivity index (χ3v) is 2.77. The van der Waals surface area contributed by atoms with Gasteiger partial charge < -0.3 is 13.9 Å². The van der Waals surface area contributed by atoms with Crippen molar-refractivity contribution < 1.29 is 18.7 Å². The molecule has 0 aliphatic rings. The number of methoxy groups -OCH3 is 2. The summed E-state index contributed by atoms with van der Waals surface area (Å²) in [7, 11) is 3.13. The minimum Gasteiger partial charge on any atom is -0.497 e. The number of hydrogen-bond acceptors (Lipinski definition) is 5. The van der Waals surface area contributed by atoms with E-state index in [2.05, 4.69) is 10.5 Å². The van der Waals surface area contributed by atoms with Crippen LogP contribution in [0.4, 0.5) is 0 Å². The normalized spacial score (nSPS) is 10.6. The fourth-order valence-electron chi connectivity index (χ4n) is 1.71. The second-order valence-corrected chi connectivity index (χ2v) is 4.22. The van der Waals surface area contributed by atoms with E-state index in [1.807, 2.05) is 0 Å². The van der Waals surface area contributed by atoms with E-state index in [0.717, 1.165) is 0 Å². The van der Waals surface area contributed by atoms with Gasteiger partial charge in [-0.25, -0.2) is 5.43 Å². The molecule has 6 nitrogen and oxygen atoms in total. The number of hydrazone groups is 1. The number of amides is 1. The van der Waals surface area contributed by atoms with Crippen molar-refractivity contribution in [1.82, 2.24) is 5.43 Å². The molecule has 0 aliphatic carbocycles. The van der Waals surface area contributed by atoms with Gasteiger partial charge >= 0.3 is 5.91 Å². The second kappa shape index (κ2) is 6.60. The molecule has 0 saturated heterocycles. The van der Waals surface area contributed by atoms with Crippen LogP contribution in [-0.4, -0.2) is 26.3 Å². The van der Waals surface area contributed by atoms with Crippen molar-refractivity contribution in [3.05, 3.63) is 47.4 Å². The fourth-order valence-corrected chi connectivity index (χ4v) is 1.71. The van der Waals surface area contributed by atoms with Crippen LogP contribution in [0.2, 0.25) is 0 Å². The Bertz CT molecular complexity index is 661. The lowest BCUT2D eigenvalue weighted by molar-refractivity contribution is 0.0926. The van der Waals surface area contributed by atoms with Crippen LogP contribution in [0.1, 0.15) is 21.9 Å². The summed E-state index contributed by atoms with van der Waals surface area (Å²) < 4.78 is 15.5. The van der Waals surface area contributed by atoms with Gasteiger partial charge in [0.25, 0.3) is 0 Å². The lowest BCUT2D eigenvalue weighted by atomic mass is 10.2. The molecule has 0 bridgehead atoms. The molecule has 21 heavy (non-hydrogen) atoms. The molecule has 2 rings (SSSR count). The fraction of sp³-hybridized carbons (Fsp3) is 0.200. The van der Waals surface area contributed by atoms with Gasteiger partial charge in [0.1, 0.15) is 17.3 Å². The number of hydrogen-bond donors (Lipinski definition) is 1. The molecule has 0 radical (unpaired) electrons. The SMILES string of the molecule is COc1ccc(OC)c(C=NNC(=O)c2ccc(C)o2)c1. The summed E-state index contributed by atoms with van der Waals surface area (Å²) in [5.41, 5.74) is 3.08. The molecule has 0 unspecified atom stereocenters. The summed E-state index contributed by atoms with van der Waals surface area (Å²) in [5, 5.41) is 3.89. The maximum absolute atomic E-state index is 11.8. The van der Waals surface area contributed by atoms with E-state index in [0.29, 0.717) is 22.8 Å². The Balaban J connectivity index is 2.08. The van der Waals surface area contributed by atoms with Crippen LogP contribution < -0.4 is 14.9 Å². The van der Waals surface area contributed by atoms with Gasteiger partial charge in [-0.15, -0.1) is 0 Å². The molecule has 0 aliphatic heterocycles. The molecule has 6 heteroatoms. The Labute approximate surface area is 122 Å². The van der Waals surface area contributed by atoms with Crippen molar-refractivity contribution in [3.63, 3.8) is 0 Å². The molecule has 1 aromatic heterocycles. The van der Waals surface area contributed by atoms with E-state index in [-0.39, 0.29) is 5.76 Å². The van der Waals surface area contributed by atoms with Crippen molar-refractivity contribution in [2.24, 2.45) is 5.10 Å². The van der Waals surface area contributed by atoms with Crippen LogP contribution in [-0.2, 0) is 0 Å². The van der Waals surface area contributed by atoms with Crippen molar-refractivity contribution in [2.75, 3.05) is 14.2 Å². The van der Waals surface area contributed by atoms with Gasteiger partial charge in [-0.3, -0.25) is 4.79 Å². The molecule has 110 valence electrons. The number of nitrogens with one attached hydrogen (secondary N) is 1. The topological polar surface area (TPSA) is 73.1 Å². The van der Waals surface area contributed by atoms with Crippen LogP contribution in [0, 0.1) is 6.92 Å². The summed E-state index contributed by atoms with van der Waals surface area (Å²) in [6.07, 6.45) is 1.48. The minimum absolute atomic E-state index is 0.210. The number of carbonyl (C=O) groups excluding carboxylic acids is 1. The number of benzene rings is 1. The Morgan fingerprint density at radius 2 is 2.05 bits per heavy atom. The zero-order valence-corrected chi connectivity index (χ0v) is 12.0. The zero-order valence-electron chi connectivity index (χ0n) is 12.0. The van der Waals surface area contributed by atoms with Gasteiger partial charge in [-0.2, -0.15) is 5.10 Å². The largest absolute Gasteiger partial charge is 0.497 e. The highest BCUT2D eigenvalue weighted by atomic mass is 16.5. The summed E-state index contributed by atoms with van der Waals surface area (Å²) in [6, 6.07) is 8.60. The van der Waals surface area contributed by atoms with Gasteiger partial charge in [0.05, 0.1) is 20.4 Å². The van der Waals surface area contributed by atoms with Crippen LogP contribution in [0.5, 0.6) is 11.5 Å². The Morgan fingerprint density at radius 3 is 2.67 bits per heavy atom. The Morgan fingerprint density at radius 1 is 1.24 bits per heavy atom. The quantitative estimate of drug-likeness (QED) is 0.677. The van der Waals surface area contributed by atoms with Crippen molar-refractivity contribution in [1.29, 1.82) is 0 Å². The van der Waals surface area contributed by atoms with E-state index >= 15 is 0 Å². The highest BCUT2D eigenvalue weighted by Crippen LogP contribution is 2.22. The molecule has 1 N–H and O–H groups in total. The van der Waals surface area contributed by atoms with E-state index in [4.69, 9.17) is 13.9 Å². The molecule has 0 atom stereocenters. The molecular weight excluding hydrogens is 272 g/mol. The third kappa shape index (κ3) is 3.62. The molecule has 1 aromatic carbocycles. The lowest BCUT2D eigenvalue weighted by Gasteiger charge is -2.06. The zero-order chi connectivity index (χ0) is 15.2. The van der Waals surface area contributed by atoms with E-state index in [1.54, 1.807) is 51.5 Å². The van der Waals surface area contributed by atoms with Crippen LogP contribution in [0.25, 0.3) is 0 Å². The van der Waals surface area contributed by atoms with Crippen LogP contribution in [0.15, 0.2) is 39.9 Å². The third-order valence-electron chi connectivity index (χ3n) is 2.77. The maximum Gasteiger partial charge on any atom is 0.307 e. The molecule has 1 heterocycles. The highest BCUT2D eigenvalue weighted by molar-refractivity contribution is 5.92. The summed E-state index contributed by atoms with van der Waals surface area (Å²) in [5.74, 6) is 1.76. The number of rotatable bonds is 5. The second-order valence-electron chi connectivity index (χ2n) is 4.22. The molecule has 0 spiro atoms. The predicted octanol–water partition coefficient (Wildman–Crippen LogP) is 2.37. The molecular formula is C15H16N2O4. The Kier molecular flexibility index (Phi) is 4.61. The number of furan rings is 1. The Hall–Kier alpha value is -2.76. The van der Waals surface area contributed by atoms with Gasteiger partial charge in [0.15, 0.2) is 5.76 Å². The summed E-state index contributed by atoms with van der Waals surface area (Å²) >= 11 is 0. The molecule has 0 fully saturated rings. The van der Waals surface area contributed by atoms with E-state index < -0.39 is 5.91 Å². The maximum atomic E-state index is 11.8. The van der Waals surface area contributed by atoms with Crippen LogP contribution >= 0.6 is 0 Å². The summed E-state index contributed by atoms with van der Waals surface area (Å²) in [4.78, 5) is 11.8. The first-order chi connectivity index (χ1) is 10.1. The number of nitrogens with zero attached hydrogens (tertiary/aromatic N) is 1. The van der Waals surface area contributed by atoms with E-state index in [9.17, 15) is 4.79 Å². The van der Waals surface area contributed by atoms with Crippen molar-refractivity contribution in [3.8, 4) is 11.5 Å². The monoisotopic (exact) mass is 288 g/mol. The average Bonchev–Trinajstić information content (AvgIpc) is 2.93. The number of ether oxygens (including phenoxy) is 2. The molecule has 2 aromatic rings. The van der Waals surface area contributed by atoms with Crippen LogP contribution in [0.3, 0.4) is 0 Å². The average molecular weight is 288 g/mol. The first-order valence-electron chi connectivity index (χ1n) is 6.26. The minimum atomic E-state index is -0.416. The van der Waals surface area contributed by atoms with Gasteiger partial charge in [0, 0.05) is 5.56 Å². The van der Waals surface area contributed by atoms with Gasteiger partial charge in [0.2, 0.25) is 0 Å². The smallest absolute Gasteiger partial charge is 0.307 e. The first-order valence-corrected chi connectivity index (χ1v) is 6.26. The molecule has 1 amide bonds. The summed E-state index contributed by atoms with van der Waals surface area (Å²) in [6.45, 7) is 1.77. The molecule has 0 saturated carbocycles. The van der Waals surface area contributed by atoms with Crippen molar-refractivity contribution in [2.45, 2.75) is 6.92 Å². The van der Waals surface area contributed by atoms with Gasteiger partial charge in [-0.05, 0) is 37.3 Å². The van der Waals surface area contributed by atoms with Crippen molar-refractivity contribution >= 4 is 12.1 Å². The first kappa shape index (κ1) is 14.6. The predicted molar refractivity (Wildman–Crippen MR) is 78.1 cm³/mol. The standard InChI is InChI=1S/C15H16N2O4/c1-10-4-6-14(21-10)15(18)17-16-9-11-8-12(19-2)5-7-13(11)20-3/h4-9H,1-3H3,(H,17,18). The van der Waals surface area contributed by atoms with Gasteiger partial charge in [-0.1, -0.05) is 0 Å². The lowest BCUT2D eigenvalue weighted by Crippen LogP contribution is -2.16. The van der Waals surface area contributed by atoms with E-state index in [1.165, 1.54) is 6.21 Å². The highest BCUT2D eigenvalue weighted by Gasteiger charge is 2.08. The number of aryl methyl sites for hydroxylation is 1. The number of carbonyl (C=O) groups is 1.